The third-order valence-corrected chi connectivity index (χ3v) is 4.82. The van der Waals surface area contributed by atoms with Gasteiger partial charge in [-0.15, -0.1) is 0 Å². The second kappa shape index (κ2) is 7.28. The molecule has 2 aromatic carbocycles. The first kappa shape index (κ1) is 15.5. The molecule has 0 aromatic heterocycles. The van der Waals surface area contributed by atoms with E-state index in [1.54, 1.807) is 0 Å². The molecule has 116 valence electrons. The Hall–Kier alpha value is -1.35. The molecule has 1 N–H and O–H groups in total. The highest BCUT2D eigenvalue weighted by Gasteiger charge is 2.33. The molecule has 1 heterocycles. The Balaban J connectivity index is 1.73. The Bertz CT molecular complexity index is 584. The lowest BCUT2D eigenvalue weighted by Gasteiger charge is -2.17. The van der Waals surface area contributed by atoms with Crippen LogP contribution in [0.25, 0.3) is 0 Å². The van der Waals surface area contributed by atoms with Crippen LogP contribution in [0.2, 0.25) is 5.02 Å². The second-order valence-corrected chi connectivity index (χ2v) is 6.55. The molecule has 1 fully saturated rings. The van der Waals surface area contributed by atoms with Crippen molar-refractivity contribution >= 4 is 11.6 Å². The van der Waals surface area contributed by atoms with Crippen LogP contribution < -0.4 is 0 Å². The van der Waals surface area contributed by atoms with Crippen molar-refractivity contribution in [2.24, 2.45) is 5.92 Å². The lowest BCUT2D eigenvalue weighted by molar-refractivity contribution is 0.246. The van der Waals surface area contributed by atoms with Crippen LogP contribution >= 0.6 is 11.6 Å². The molecule has 3 heteroatoms. The highest BCUT2D eigenvalue weighted by atomic mass is 35.5. The summed E-state index contributed by atoms with van der Waals surface area (Å²) in [6.45, 7) is 3.32. The normalized spacial score (nSPS) is 22.1. The Labute approximate surface area is 137 Å². The summed E-state index contributed by atoms with van der Waals surface area (Å²) in [6.07, 6.45) is 0.860. The number of rotatable bonds is 5. The van der Waals surface area contributed by atoms with E-state index >= 15 is 0 Å². The third-order valence-electron chi connectivity index (χ3n) is 4.56. The quantitative estimate of drug-likeness (QED) is 0.903. The van der Waals surface area contributed by atoms with Crippen molar-refractivity contribution in [1.82, 2.24) is 4.90 Å². The lowest BCUT2D eigenvalue weighted by atomic mass is 9.87. The minimum atomic E-state index is 0.258. The zero-order valence-electron chi connectivity index (χ0n) is 12.7. The first-order chi connectivity index (χ1) is 10.8. The maximum atomic E-state index is 9.37. The van der Waals surface area contributed by atoms with Crippen molar-refractivity contribution in [3.05, 3.63) is 70.7 Å². The molecular formula is C19H22ClNO. The third kappa shape index (κ3) is 3.70. The summed E-state index contributed by atoms with van der Waals surface area (Å²) < 4.78 is 0. The van der Waals surface area contributed by atoms with Gasteiger partial charge in [-0.2, -0.15) is 0 Å². The van der Waals surface area contributed by atoms with Crippen molar-refractivity contribution < 1.29 is 5.11 Å². The standard InChI is InChI=1S/C19H22ClNO/c20-18-8-6-16(7-9-18)19-14-21(13-17(19)10-11-22)12-15-4-2-1-3-5-15/h1-9,17,19,22H,10-14H2. The predicted octanol–water partition coefficient (Wildman–Crippen LogP) is 3.94. The maximum absolute atomic E-state index is 9.37. The van der Waals surface area contributed by atoms with E-state index in [9.17, 15) is 5.11 Å². The summed E-state index contributed by atoms with van der Waals surface area (Å²) in [7, 11) is 0. The molecule has 0 bridgehead atoms. The molecule has 1 aliphatic heterocycles. The van der Waals surface area contributed by atoms with E-state index in [0.29, 0.717) is 11.8 Å². The molecule has 2 unspecified atom stereocenters. The van der Waals surface area contributed by atoms with Gasteiger partial charge in [-0.05, 0) is 35.6 Å². The van der Waals surface area contributed by atoms with Crippen LogP contribution in [0.1, 0.15) is 23.5 Å². The van der Waals surface area contributed by atoms with E-state index in [2.05, 4.69) is 47.4 Å². The number of aliphatic hydroxyl groups excluding tert-OH is 1. The molecule has 0 aliphatic carbocycles. The monoisotopic (exact) mass is 315 g/mol. The molecule has 2 nitrogen and oxygen atoms in total. The van der Waals surface area contributed by atoms with Crippen molar-refractivity contribution in [3.63, 3.8) is 0 Å². The molecular weight excluding hydrogens is 294 g/mol. The fourth-order valence-corrected chi connectivity index (χ4v) is 3.60. The van der Waals surface area contributed by atoms with Crippen molar-refractivity contribution in [2.45, 2.75) is 18.9 Å². The first-order valence-electron chi connectivity index (χ1n) is 7.89. The van der Waals surface area contributed by atoms with Crippen LogP contribution in [-0.4, -0.2) is 29.7 Å². The second-order valence-electron chi connectivity index (χ2n) is 6.11. The number of nitrogens with zero attached hydrogens (tertiary/aromatic N) is 1. The number of aliphatic hydroxyl groups is 1. The van der Waals surface area contributed by atoms with Gasteiger partial charge in [-0.3, -0.25) is 4.90 Å². The zero-order chi connectivity index (χ0) is 15.4. The van der Waals surface area contributed by atoms with E-state index < -0.39 is 0 Å². The van der Waals surface area contributed by atoms with Crippen molar-refractivity contribution in [1.29, 1.82) is 0 Å². The molecule has 0 saturated carbocycles. The van der Waals surface area contributed by atoms with E-state index in [1.807, 2.05) is 12.1 Å². The highest BCUT2D eigenvalue weighted by molar-refractivity contribution is 6.30. The molecule has 1 aliphatic rings. The van der Waals surface area contributed by atoms with Gasteiger partial charge in [0.25, 0.3) is 0 Å². The van der Waals surface area contributed by atoms with Gasteiger partial charge in [-0.1, -0.05) is 54.1 Å². The summed E-state index contributed by atoms with van der Waals surface area (Å²) >= 11 is 6.00. The summed E-state index contributed by atoms with van der Waals surface area (Å²) in [5.41, 5.74) is 2.68. The summed E-state index contributed by atoms with van der Waals surface area (Å²) in [6, 6.07) is 18.8. The van der Waals surface area contributed by atoms with Crippen LogP contribution in [0.15, 0.2) is 54.6 Å². The van der Waals surface area contributed by atoms with Crippen molar-refractivity contribution in [2.75, 3.05) is 19.7 Å². The smallest absolute Gasteiger partial charge is 0.0434 e. The molecule has 1 saturated heterocycles. The number of halogens is 1. The molecule has 22 heavy (non-hydrogen) atoms. The molecule has 0 amide bonds. The van der Waals surface area contributed by atoms with E-state index in [0.717, 1.165) is 31.1 Å². The minimum absolute atomic E-state index is 0.258. The van der Waals surface area contributed by atoms with Gasteiger partial charge in [-0.25, -0.2) is 0 Å². The van der Waals surface area contributed by atoms with Gasteiger partial charge in [0.15, 0.2) is 0 Å². The Morgan fingerprint density at radius 1 is 1.00 bits per heavy atom. The van der Waals surface area contributed by atoms with Crippen LogP contribution in [0.5, 0.6) is 0 Å². The van der Waals surface area contributed by atoms with Crippen LogP contribution in [0.4, 0.5) is 0 Å². The summed E-state index contributed by atoms with van der Waals surface area (Å²) in [5, 5.41) is 10.2. The van der Waals surface area contributed by atoms with Crippen LogP contribution in [-0.2, 0) is 6.54 Å². The van der Waals surface area contributed by atoms with Crippen LogP contribution in [0, 0.1) is 5.92 Å². The Morgan fingerprint density at radius 2 is 1.73 bits per heavy atom. The highest BCUT2D eigenvalue weighted by Crippen LogP contribution is 2.35. The fourth-order valence-electron chi connectivity index (χ4n) is 3.48. The molecule has 0 radical (unpaired) electrons. The summed E-state index contributed by atoms with van der Waals surface area (Å²) in [5.74, 6) is 0.989. The fraction of sp³-hybridized carbons (Fsp3) is 0.368. The van der Waals surface area contributed by atoms with E-state index in [1.165, 1.54) is 11.1 Å². The van der Waals surface area contributed by atoms with Gasteiger partial charge in [0.1, 0.15) is 0 Å². The van der Waals surface area contributed by atoms with E-state index in [-0.39, 0.29) is 6.61 Å². The molecule has 2 aromatic rings. The van der Waals surface area contributed by atoms with Gasteiger partial charge in [0.05, 0.1) is 0 Å². The number of likely N-dealkylation sites (tertiary alicyclic amines) is 1. The number of hydrogen-bond donors (Lipinski definition) is 1. The molecule has 2 atom stereocenters. The Kier molecular flexibility index (Phi) is 5.14. The maximum Gasteiger partial charge on any atom is 0.0434 e. The first-order valence-corrected chi connectivity index (χ1v) is 8.26. The van der Waals surface area contributed by atoms with Gasteiger partial charge in [0, 0.05) is 37.2 Å². The largest absolute Gasteiger partial charge is 0.396 e. The van der Waals surface area contributed by atoms with Gasteiger partial charge in [0.2, 0.25) is 0 Å². The average molecular weight is 316 g/mol. The summed E-state index contributed by atoms with van der Waals surface area (Å²) in [4.78, 5) is 2.49. The van der Waals surface area contributed by atoms with Gasteiger partial charge >= 0.3 is 0 Å². The number of hydrogen-bond acceptors (Lipinski definition) is 2. The minimum Gasteiger partial charge on any atom is -0.396 e. The zero-order valence-corrected chi connectivity index (χ0v) is 13.4. The SMILES string of the molecule is OCCC1CN(Cc2ccccc2)CC1c1ccc(Cl)cc1. The lowest BCUT2D eigenvalue weighted by Crippen LogP contribution is -2.20. The van der Waals surface area contributed by atoms with Gasteiger partial charge < -0.3 is 5.11 Å². The van der Waals surface area contributed by atoms with Crippen molar-refractivity contribution in [3.8, 4) is 0 Å². The number of benzene rings is 2. The predicted molar refractivity (Wildman–Crippen MR) is 91.1 cm³/mol. The van der Waals surface area contributed by atoms with Crippen LogP contribution in [0.3, 0.4) is 0 Å². The Morgan fingerprint density at radius 3 is 2.41 bits per heavy atom. The topological polar surface area (TPSA) is 23.5 Å². The molecule has 3 rings (SSSR count). The average Bonchev–Trinajstić information content (AvgIpc) is 2.92. The van der Waals surface area contributed by atoms with E-state index in [4.69, 9.17) is 11.6 Å². The molecule has 0 spiro atoms.